The van der Waals surface area contributed by atoms with E-state index in [-0.39, 0.29) is 6.10 Å². The van der Waals surface area contributed by atoms with E-state index in [1.807, 2.05) is 42.8 Å². The standard InChI is InChI=1S/C27H27F2N3O2/c1-15-3-5-19-23(31-15)6-8-25-27(19)34-18(14-33-25)13-30-12-16-4-7-24-20(9-16)21-10-17(28)11-22(29)26(21)32(24)2/h3,5-6,8,10-11,16,18,30H,4,7,9,12-14H2,1-2H3/t16-,18+/m1/s1. The number of aromatic nitrogens is 2. The Balaban J connectivity index is 1.13. The van der Waals surface area contributed by atoms with Gasteiger partial charge in [0, 0.05) is 41.8 Å². The average molecular weight is 464 g/mol. The predicted molar refractivity (Wildman–Crippen MR) is 128 cm³/mol. The van der Waals surface area contributed by atoms with Gasteiger partial charge >= 0.3 is 0 Å². The lowest BCUT2D eigenvalue weighted by Gasteiger charge is -2.29. The summed E-state index contributed by atoms with van der Waals surface area (Å²) in [5.41, 5.74) is 4.57. The third-order valence-corrected chi connectivity index (χ3v) is 7.16. The number of rotatable bonds is 4. The van der Waals surface area contributed by atoms with Gasteiger partial charge in [-0.25, -0.2) is 8.78 Å². The van der Waals surface area contributed by atoms with Crippen molar-refractivity contribution >= 4 is 21.8 Å². The summed E-state index contributed by atoms with van der Waals surface area (Å²) < 4.78 is 42.5. The predicted octanol–water partition coefficient (Wildman–Crippen LogP) is 4.85. The Bertz CT molecular complexity index is 1410. The van der Waals surface area contributed by atoms with Crippen LogP contribution in [0.2, 0.25) is 0 Å². The maximum absolute atomic E-state index is 14.4. The first-order valence-corrected chi connectivity index (χ1v) is 11.8. The zero-order chi connectivity index (χ0) is 23.4. The van der Waals surface area contributed by atoms with Crippen molar-refractivity contribution in [2.45, 2.75) is 32.3 Å². The summed E-state index contributed by atoms with van der Waals surface area (Å²) in [5, 5.41) is 5.21. The molecule has 1 aliphatic heterocycles. The van der Waals surface area contributed by atoms with Crippen LogP contribution in [0.25, 0.3) is 21.8 Å². The molecule has 2 aromatic heterocycles. The Labute approximate surface area is 196 Å². The molecule has 3 heterocycles. The summed E-state index contributed by atoms with van der Waals surface area (Å²) in [6.45, 7) is 3.94. The van der Waals surface area contributed by atoms with E-state index < -0.39 is 11.6 Å². The highest BCUT2D eigenvalue weighted by molar-refractivity contribution is 5.88. The molecule has 7 heteroatoms. The van der Waals surface area contributed by atoms with Gasteiger partial charge in [-0.3, -0.25) is 4.98 Å². The molecule has 34 heavy (non-hydrogen) atoms. The number of halogens is 2. The smallest absolute Gasteiger partial charge is 0.171 e. The van der Waals surface area contributed by atoms with E-state index in [0.717, 1.165) is 71.2 Å². The van der Waals surface area contributed by atoms with Crippen LogP contribution < -0.4 is 14.8 Å². The number of aryl methyl sites for hydroxylation is 2. The first-order chi connectivity index (χ1) is 16.5. The van der Waals surface area contributed by atoms with Crippen LogP contribution in [-0.2, 0) is 19.9 Å². The van der Waals surface area contributed by atoms with Crippen molar-refractivity contribution in [3.63, 3.8) is 0 Å². The first kappa shape index (κ1) is 21.4. The molecular formula is C27H27F2N3O2. The van der Waals surface area contributed by atoms with Crippen LogP contribution >= 0.6 is 0 Å². The van der Waals surface area contributed by atoms with E-state index >= 15 is 0 Å². The van der Waals surface area contributed by atoms with Gasteiger partial charge in [-0.1, -0.05) is 0 Å². The van der Waals surface area contributed by atoms with Gasteiger partial charge < -0.3 is 19.4 Å². The third-order valence-electron chi connectivity index (χ3n) is 7.16. The molecule has 0 saturated carbocycles. The van der Waals surface area contributed by atoms with Crippen LogP contribution in [0.5, 0.6) is 11.5 Å². The van der Waals surface area contributed by atoms with Crippen molar-refractivity contribution in [2.24, 2.45) is 13.0 Å². The molecular weight excluding hydrogens is 436 g/mol. The maximum atomic E-state index is 14.4. The normalized spacial score (nSPS) is 19.5. The summed E-state index contributed by atoms with van der Waals surface area (Å²) in [4.78, 5) is 4.58. The minimum atomic E-state index is -0.522. The molecule has 0 amide bonds. The minimum absolute atomic E-state index is 0.0979. The van der Waals surface area contributed by atoms with E-state index in [9.17, 15) is 8.78 Å². The van der Waals surface area contributed by atoms with Crippen LogP contribution in [0.1, 0.15) is 23.4 Å². The second-order valence-corrected chi connectivity index (χ2v) is 9.50. The molecule has 2 aromatic carbocycles. The number of hydrogen-bond acceptors (Lipinski definition) is 4. The SMILES string of the molecule is Cc1ccc2c3c(ccc2n1)OC[C@H](CNC[C@@H]1CCc2c(c4cc(F)cc(F)c4n2C)C1)O3. The lowest BCUT2D eigenvalue weighted by Crippen LogP contribution is -2.40. The van der Waals surface area contributed by atoms with E-state index in [4.69, 9.17) is 9.47 Å². The number of fused-ring (bicyclic) bond motifs is 6. The fraction of sp³-hybridized carbons (Fsp3) is 0.370. The highest BCUT2D eigenvalue weighted by Crippen LogP contribution is 2.38. The van der Waals surface area contributed by atoms with Gasteiger partial charge in [0.1, 0.15) is 24.3 Å². The number of hydrogen-bond donors (Lipinski definition) is 1. The number of ether oxygens (including phenoxy) is 2. The highest BCUT2D eigenvalue weighted by atomic mass is 19.1. The molecule has 5 nitrogen and oxygen atoms in total. The first-order valence-electron chi connectivity index (χ1n) is 11.8. The summed E-state index contributed by atoms with van der Waals surface area (Å²) in [6.07, 6.45) is 2.58. The molecule has 2 aliphatic rings. The van der Waals surface area contributed by atoms with Gasteiger partial charge in [0.05, 0.1) is 11.0 Å². The molecule has 4 aromatic rings. The summed E-state index contributed by atoms with van der Waals surface area (Å²) >= 11 is 0. The van der Waals surface area contributed by atoms with Crippen molar-refractivity contribution in [1.82, 2.24) is 14.9 Å². The number of nitrogens with one attached hydrogen (secondary N) is 1. The topological polar surface area (TPSA) is 48.3 Å². The molecule has 0 unspecified atom stereocenters. The number of pyridine rings is 1. The van der Waals surface area contributed by atoms with E-state index in [2.05, 4.69) is 10.3 Å². The Kier molecular flexibility index (Phi) is 5.17. The third kappa shape index (κ3) is 3.59. The zero-order valence-corrected chi connectivity index (χ0v) is 19.3. The van der Waals surface area contributed by atoms with Crippen molar-refractivity contribution in [1.29, 1.82) is 0 Å². The molecule has 0 radical (unpaired) electrons. The molecule has 2 atom stereocenters. The van der Waals surface area contributed by atoms with Crippen LogP contribution in [-0.4, -0.2) is 35.4 Å². The van der Waals surface area contributed by atoms with Crippen molar-refractivity contribution < 1.29 is 18.3 Å². The monoisotopic (exact) mass is 463 g/mol. The van der Waals surface area contributed by atoms with Gasteiger partial charge in [0.2, 0.25) is 0 Å². The van der Waals surface area contributed by atoms with E-state index in [0.29, 0.717) is 30.0 Å². The molecule has 1 N–H and O–H groups in total. The molecule has 0 fully saturated rings. The Morgan fingerprint density at radius 2 is 2.00 bits per heavy atom. The molecule has 0 bridgehead atoms. The lowest BCUT2D eigenvalue weighted by atomic mass is 9.86. The van der Waals surface area contributed by atoms with Crippen molar-refractivity contribution in [3.8, 4) is 11.5 Å². The summed E-state index contributed by atoms with van der Waals surface area (Å²) in [5.74, 6) is 0.893. The van der Waals surface area contributed by atoms with E-state index in [1.165, 1.54) is 6.07 Å². The van der Waals surface area contributed by atoms with Gasteiger partial charge in [0.25, 0.3) is 0 Å². The number of nitrogens with zero attached hydrogens (tertiary/aromatic N) is 2. The fourth-order valence-electron chi connectivity index (χ4n) is 5.51. The van der Waals surface area contributed by atoms with Crippen LogP contribution in [0.15, 0.2) is 36.4 Å². The van der Waals surface area contributed by atoms with Gasteiger partial charge in [-0.2, -0.15) is 0 Å². The average Bonchev–Trinajstić information content (AvgIpc) is 3.10. The van der Waals surface area contributed by atoms with Crippen LogP contribution in [0.4, 0.5) is 8.78 Å². The van der Waals surface area contributed by atoms with Crippen molar-refractivity contribution in [2.75, 3.05) is 19.7 Å². The van der Waals surface area contributed by atoms with Crippen LogP contribution in [0.3, 0.4) is 0 Å². The van der Waals surface area contributed by atoms with Crippen LogP contribution in [0, 0.1) is 24.5 Å². The Hall–Kier alpha value is -3.19. The quantitative estimate of drug-likeness (QED) is 0.470. The summed E-state index contributed by atoms with van der Waals surface area (Å²) in [6, 6.07) is 10.3. The zero-order valence-electron chi connectivity index (χ0n) is 19.3. The second-order valence-electron chi connectivity index (χ2n) is 9.50. The number of benzene rings is 2. The molecule has 176 valence electrons. The van der Waals surface area contributed by atoms with E-state index in [1.54, 1.807) is 0 Å². The molecule has 1 aliphatic carbocycles. The van der Waals surface area contributed by atoms with Gasteiger partial charge in [0.15, 0.2) is 11.5 Å². The molecule has 0 saturated heterocycles. The summed E-state index contributed by atoms with van der Waals surface area (Å²) in [7, 11) is 1.87. The fourth-order valence-corrected chi connectivity index (χ4v) is 5.51. The Morgan fingerprint density at radius 1 is 1.12 bits per heavy atom. The minimum Gasteiger partial charge on any atom is -0.486 e. The highest BCUT2D eigenvalue weighted by Gasteiger charge is 2.27. The lowest BCUT2D eigenvalue weighted by molar-refractivity contribution is 0.0915. The second kappa shape index (κ2) is 8.24. The molecule has 6 rings (SSSR count). The van der Waals surface area contributed by atoms with Gasteiger partial charge in [-0.05, 0) is 74.5 Å². The largest absolute Gasteiger partial charge is 0.486 e. The maximum Gasteiger partial charge on any atom is 0.171 e. The van der Waals surface area contributed by atoms with Gasteiger partial charge in [-0.15, -0.1) is 0 Å². The molecule has 0 spiro atoms. The van der Waals surface area contributed by atoms with Crippen molar-refractivity contribution in [3.05, 3.63) is 65.0 Å². The Morgan fingerprint density at radius 3 is 2.88 bits per heavy atom.